The average molecular weight is 518 g/mol. The second-order valence-electron chi connectivity index (χ2n) is 7.61. The highest BCUT2D eigenvalue weighted by atomic mass is 127. The third-order valence-electron chi connectivity index (χ3n) is 5.27. The number of benzene rings is 1. The lowest BCUT2D eigenvalue weighted by Crippen LogP contribution is -2.45. The van der Waals surface area contributed by atoms with Gasteiger partial charge in [-0.25, -0.2) is 0 Å². The number of hydrogen-bond acceptors (Lipinski definition) is 4. The molecule has 1 saturated heterocycles. The van der Waals surface area contributed by atoms with Crippen LogP contribution in [0.15, 0.2) is 35.3 Å². The molecule has 2 N–H and O–H groups in total. The molecular formula is C22H39IN4O2. The van der Waals surface area contributed by atoms with E-state index in [-0.39, 0.29) is 24.0 Å². The standard InChI is InChI=1S/C22H38N4O2.HI/c1-19(26(3)17-20-8-5-4-6-9-20)16-25-22(23-2)24-12-7-13-28-18-21-10-14-27-15-11-21;/h4-6,8-9,19,21H,7,10-18H2,1-3H3,(H2,23,24,25);1H. The number of halogens is 1. The van der Waals surface area contributed by atoms with Crippen LogP contribution in [0.5, 0.6) is 0 Å². The highest BCUT2D eigenvalue weighted by molar-refractivity contribution is 14.0. The van der Waals surface area contributed by atoms with Gasteiger partial charge >= 0.3 is 0 Å². The maximum atomic E-state index is 5.81. The minimum absolute atomic E-state index is 0. The fourth-order valence-electron chi connectivity index (χ4n) is 3.19. The van der Waals surface area contributed by atoms with E-state index in [2.05, 4.69) is 64.8 Å². The van der Waals surface area contributed by atoms with Crippen LogP contribution in [-0.4, -0.2) is 70.5 Å². The maximum Gasteiger partial charge on any atom is 0.191 e. The molecule has 0 bridgehead atoms. The van der Waals surface area contributed by atoms with Crippen molar-refractivity contribution in [3.63, 3.8) is 0 Å². The van der Waals surface area contributed by atoms with Crippen molar-refractivity contribution in [1.29, 1.82) is 0 Å². The van der Waals surface area contributed by atoms with E-state index >= 15 is 0 Å². The topological polar surface area (TPSA) is 58.1 Å². The Morgan fingerprint density at radius 2 is 1.97 bits per heavy atom. The predicted octanol–water partition coefficient (Wildman–Crippen LogP) is 3.12. The van der Waals surface area contributed by atoms with Gasteiger partial charge in [0.2, 0.25) is 0 Å². The number of nitrogens with one attached hydrogen (secondary N) is 2. The molecule has 0 spiro atoms. The summed E-state index contributed by atoms with van der Waals surface area (Å²) in [6.07, 6.45) is 3.24. The average Bonchev–Trinajstić information content (AvgIpc) is 2.74. The molecule has 2 rings (SSSR count). The quantitative estimate of drug-likeness (QED) is 0.204. The van der Waals surface area contributed by atoms with Crippen molar-refractivity contribution < 1.29 is 9.47 Å². The molecule has 6 nitrogen and oxygen atoms in total. The van der Waals surface area contributed by atoms with Crippen molar-refractivity contribution in [1.82, 2.24) is 15.5 Å². The Balaban J connectivity index is 0.00000420. The molecule has 1 aromatic rings. The van der Waals surface area contributed by atoms with Crippen LogP contribution in [0, 0.1) is 5.92 Å². The van der Waals surface area contributed by atoms with Crippen molar-refractivity contribution >= 4 is 29.9 Å². The van der Waals surface area contributed by atoms with Crippen LogP contribution in [0.2, 0.25) is 0 Å². The lowest BCUT2D eigenvalue weighted by atomic mass is 10.0. The molecule has 1 unspecified atom stereocenters. The lowest BCUT2D eigenvalue weighted by molar-refractivity contribution is 0.0203. The van der Waals surface area contributed by atoms with E-state index in [1.807, 2.05) is 7.05 Å². The van der Waals surface area contributed by atoms with Gasteiger partial charge in [0.25, 0.3) is 0 Å². The van der Waals surface area contributed by atoms with E-state index in [9.17, 15) is 0 Å². The van der Waals surface area contributed by atoms with Gasteiger partial charge in [-0.3, -0.25) is 9.89 Å². The summed E-state index contributed by atoms with van der Waals surface area (Å²) >= 11 is 0. The Morgan fingerprint density at radius 3 is 2.66 bits per heavy atom. The van der Waals surface area contributed by atoms with E-state index in [0.717, 1.165) is 71.3 Å². The molecule has 1 heterocycles. The van der Waals surface area contributed by atoms with Crippen LogP contribution in [-0.2, 0) is 16.0 Å². The molecule has 166 valence electrons. The van der Waals surface area contributed by atoms with Crippen LogP contribution in [0.1, 0.15) is 31.7 Å². The Morgan fingerprint density at radius 1 is 1.24 bits per heavy atom. The second kappa shape index (κ2) is 15.9. The number of hydrogen-bond donors (Lipinski definition) is 2. The number of nitrogens with zero attached hydrogens (tertiary/aromatic N) is 2. The summed E-state index contributed by atoms with van der Waals surface area (Å²) in [4.78, 5) is 6.66. The Labute approximate surface area is 193 Å². The SMILES string of the molecule is CN=C(NCCCOCC1CCOCC1)NCC(C)N(C)Cc1ccccc1.I. The number of likely N-dealkylation sites (N-methyl/N-ethyl adjacent to an activating group) is 1. The lowest BCUT2D eigenvalue weighted by Gasteiger charge is -2.26. The first-order valence-corrected chi connectivity index (χ1v) is 10.5. The Bertz CT molecular complexity index is 553. The maximum absolute atomic E-state index is 5.81. The Kier molecular flexibility index (Phi) is 14.3. The van der Waals surface area contributed by atoms with Gasteiger partial charge in [0.1, 0.15) is 0 Å². The summed E-state index contributed by atoms with van der Waals surface area (Å²) in [7, 11) is 3.97. The van der Waals surface area contributed by atoms with Gasteiger partial charge in [0.05, 0.1) is 0 Å². The zero-order chi connectivity index (χ0) is 20.0. The van der Waals surface area contributed by atoms with Gasteiger partial charge in [-0.1, -0.05) is 30.3 Å². The van der Waals surface area contributed by atoms with E-state index in [4.69, 9.17) is 9.47 Å². The summed E-state index contributed by atoms with van der Waals surface area (Å²) in [6.45, 7) is 8.31. The van der Waals surface area contributed by atoms with E-state index in [0.29, 0.717) is 12.0 Å². The number of rotatable bonds is 11. The molecule has 1 aliphatic rings. The highest BCUT2D eigenvalue weighted by Crippen LogP contribution is 2.14. The minimum Gasteiger partial charge on any atom is -0.381 e. The molecule has 1 fully saturated rings. The highest BCUT2D eigenvalue weighted by Gasteiger charge is 2.13. The summed E-state index contributed by atoms with van der Waals surface area (Å²) in [5.74, 6) is 1.52. The van der Waals surface area contributed by atoms with Gasteiger partial charge < -0.3 is 20.1 Å². The van der Waals surface area contributed by atoms with E-state index in [1.54, 1.807) is 0 Å². The smallest absolute Gasteiger partial charge is 0.191 e. The second-order valence-corrected chi connectivity index (χ2v) is 7.61. The molecule has 1 atom stereocenters. The number of guanidine groups is 1. The van der Waals surface area contributed by atoms with Crippen molar-refractivity contribution in [2.24, 2.45) is 10.9 Å². The zero-order valence-corrected chi connectivity index (χ0v) is 20.6. The van der Waals surface area contributed by atoms with Crippen molar-refractivity contribution in [3.8, 4) is 0 Å². The molecule has 0 aliphatic carbocycles. The fraction of sp³-hybridized carbons (Fsp3) is 0.682. The first-order chi connectivity index (χ1) is 13.7. The monoisotopic (exact) mass is 518 g/mol. The molecule has 1 aromatic carbocycles. The van der Waals surface area contributed by atoms with Crippen LogP contribution >= 0.6 is 24.0 Å². The normalized spacial score (nSPS) is 16.3. The third kappa shape index (κ3) is 11.2. The van der Waals surface area contributed by atoms with Gasteiger partial charge in [0, 0.05) is 59.2 Å². The molecule has 0 aromatic heterocycles. The van der Waals surface area contributed by atoms with Crippen LogP contribution in [0.3, 0.4) is 0 Å². The summed E-state index contributed by atoms with van der Waals surface area (Å²) in [6, 6.07) is 11.0. The molecule has 0 amide bonds. The molecular weight excluding hydrogens is 479 g/mol. The van der Waals surface area contributed by atoms with Crippen LogP contribution < -0.4 is 10.6 Å². The van der Waals surface area contributed by atoms with Crippen LogP contribution in [0.25, 0.3) is 0 Å². The number of ether oxygens (including phenoxy) is 2. The van der Waals surface area contributed by atoms with Gasteiger partial charge in [0.15, 0.2) is 5.96 Å². The summed E-state index contributed by atoms with van der Waals surface area (Å²) < 4.78 is 11.2. The van der Waals surface area contributed by atoms with Crippen LogP contribution in [0.4, 0.5) is 0 Å². The van der Waals surface area contributed by atoms with E-state index < -0.39 is 0 Å². The number of aliphatic imine (C=N–C) groups is 1. The molecule has 0 radical (unpaired) electrons. The van der Waals surface area contributed by atoms with Gasteiger partial charge in [-0.05, 0) is 44.7 Å². The largest absolute Gasteiger partial charge is 0.381 e. The summed E-state index contributed by atoms with van der Waals surface area (Å²) in [5, 5.41) is 6.79. The van der Waals surface area contributed by atoms with Gasteiger partial charge in [-0.15, -0.1) is 24.0 Å². The first kappa shape index (κ1) is 26.1. The molecule has 7 heteroatoms. The molecule has 1 aliphatic heterocycles. The van der Waals surface area contributed by atoms with E-state index in [1.165, 1.54) is 5.56 Å². The van der Waals surface area contributed by atoms with Crippen molar-refractivity contribution in [3.05, 3.63) is 35.9 Å². The van der Waals surface area contributed by atoms with Crippen molar-refractivity contribution in [2.45, 2.75) is 38.8 Å². The zero-order valence-electron chi connectivity index (χ0n) is 18.2. The summed E-state index contributed by atoms with van der Waals surface area (Å²) in [5.41, 5.74) is 1.33. The third-order valence-corrected chi connectivity index (χ3v) is 5.27. The fourth-order valence-corrected chi connectivity index (χ4v) is 3.19. The first-order valence-electron chi connectivity index (χ1n) is 10.5. The van der Waals surface area contributed by atoms with Gasteiger partial charge in [-0.2, -0.15) is 0 Å². The molecule has 29 heavy (non-hydrogen) atoms. The molecule has 0 saturated carbocycles. The predicted molar refractivity (Wildman–Crippen MR) is 131 cm³/mol. The van der Waals surface area contributed by atoms with Crippen molar-refractivity contribution in [2.75, 3.05) is 53.6 Å². The minimum atomic E-state index is 0. The Hall–Kier alpha value is -0.900.